The minimum Gasteiger partial charge on any atom is -0.493 e. The lowest BCUT2D eigenvalue weighted by atomic mass is 10.2. The van der Waals surface area contributed by atoms with Gasteiger partial charge in [0, 0.05) is 49.9 Å². The van der Waals surface area contributed by atoms with E-state index in [1.165, 1.54) is 0 Å². The van der Waals surface area contributed by atoms with Crippen molar-refractivity contribution in [3.63, 3.8) is 0 Å². The zero-order valence-electron chi connectivity index (χ0n) is 18.5. The molecule has 0 saturated carbocycles. The topological polar surface area (TPSA) is 62.8 Å². The van der Waals surface area contributed by atoms with Crippen molar-refractivity contribution < 1.29 is 9.47 Å². The van der Waals surface area contributed by atoms with Gasteiger partial charge >= 0.3 is 0 Å². The van der Waals surface area contributed by atoms with E-state index >= 15 is 0 Å². The summed E-state index contributed by atoms with van der Waals surface area (Å²) in [5.41, 5.74) is 1.79. The zero-order chi connectivity index (χ0) is 20.8. The third-order valence-corrected chi connectivity index (χ3v) is 5.43. The summed E-state index contributed by atoms with van der Waals surface area (Å²) in [5.74, 6) is 2.15. The minimum atomic E-state index is 0. The van der Waals surface area contributed by atoms with E-state index in [-0.39, 0.29) is 24.8 Å². The molecule has 174 valence electrons. The molecule has 0 unspecified atom stereocenters. The molecule has 2 aromatic carbocycles. The van der Waals surface area contributed by atoms with E-state index in [0.29, 0.717) is 18.1 Å². The normalized spacial score (nSPS) is 14.3. The molecule has 0 radical (unpaired) electrons. The Morgan fingerprint density at radius 2 is 1.72 bits per heavy atom. The number of hydrogen-bond donors (Lipinski definition) is 1. The number of piperazine rings is 1. The molecule has 1 saturated heterocycles. The van der Waals surface area contributed by atoms with Gasteiger partial charge in [-0.25, -0.2) is 9.97 Å². The van der Waals surface area contributed by atoms with E-state index in [2.05, 4.69) is 32.1 Å². The summed E-state index contributed by atoms with van der Waals surface area (Å²) in [6.45, 7) is 6.23. The highest BCUT2D eigenvalue weighted by molar-refractivity contribution is 5.93. The number of halogens is 2. The molecule has 0 amide bonds. The van der Waals surface area contributed by atoms with Crippen molar-refractivity contribution in [1.29, 1.82) is 0 Å². The van der Waals surface area contributed by atoms with Gasteiger partial charge < -0.3 is 24.6 Å². The lowest BCUT2D eigenvalue weighted by Crippen LogP contribution is -2.44. The highest BCUT2D eigenvalue weighted by Gasteiger charge is 2.14. The molecule has 1 aliphatic rings. The van der Waals surface area contributed by atoms with Crippen molar-refractivity contribution >= 4 is 47.2 Å². The molecular formula is C23H31Cl2N5O2. The first-order valence-electron chi connectivity index (χ1n) is 10.4. The van der Waals surface area contributed by atoms with Gasteiger partial charge in [0.1, 0.15) is 12.1 Å². The fraction of sp³-hybridized carbons (Fsp3) is 0.391. The number of nitrogens with zero attached hydrogens (tertiary/aromatic N) is 4. The van der Waals surface area contributed by atoms with E-state index in [4.69, 9.17) is 9.47 Å². The second-order valence-electron chi connectivity index (χ2n) is 7.58. The van der Waals surface area contributed by atoms with Gasteiger partial charge in [0.05, 0.1) is 19.2 Å². The number of rotatable bonds is 8. The maximum atomic E-state index is 6.06. The van der Waals surface area contributed by atoms with Gasteiger partial charge in [0.15, 0.2) is 11.5 Å². The lowest BCUT2D eigenvalue weighted by Gasteiger charge is -2.32. The number of para-hydroxylation sites is 1. The summed E-state index contributed by atoms with van der Waals surface area (Å²) in [4.78, 5) is 13.7. The van der Waals surface area contributed by atoms with Gasteiger partial charge in [-0.05, 0) is 31.7 Å². The third-order valence-electron chi connectivity index (χ3n) is 5.43. The summed E-state index contributed by atoms with van der Waals surface area (Å²) < 4.78 is 11.7. The molecule has 2 heterocycles. The van der Waals surface area contributed by atoms with Crippen molar-refractivity contribution in [1.82, 2.24) is 19.8 Å². The van der Waals surface area contributed by atoms with Crippen LogP contribution < -0.4 is 14.8 Å². The van der Waals surface area contributed by atoms with Gasteiger partial charge in [-0.15, -0.1) is 24.8 Å². The summed E-state index contributed by atoms with van der Waals surface area (Å²) in [6, 6.07) is 13.8. The quantitative estimate of drug-likeness (QED) is 0.484. The fourth-order valence-corrected chi connectivity index (χ4v) is 3.64. The van der Waals surface area contributed by atoms with E-state index in [9.17, 15) is 0 Å². The number of benzene rings is 2. The number of anilines is 2. The first kappa shape index (κ1) is 25.9. The molecule has 32 heavy (non-hydrogen) atoms. The van der Waals surface area contributed by atoms with E-state index < -0.39 is 0 Å². The van der Waals surface area contributed by atoms with Gasteiger partial charge in [0.2, 0.25) is 0 Å². The van der Waals surface area contributed by atoms with Crippen molar-refractivity contribution in [3.8, 4) is 11.5 Å². The van der Waals surface area contributed by atoms with Crippen LogP contribution in [0.1, 0.15) is 6.42 Å². The number of fused-ring (bicyclic) bond motifs is 1. The lowest BCUT2D eigenvalue weighted by molar-refractivity contribution is 0.145. The summed E-state index contributed by atoms with van der Waals surface area (Å²) in [5, 5.41) is 4.24. The first-order valence-corrected chi connectivity index (χ1v) is 10.4. The molecule has 4 rings (SSSR count). The Morgan fingerprint density at radius 3 is 2.44 bits per heavy atom. The number of likely N-dealkylation sites (N-methyl/N-ethyl adjacent to an activating group) is 1. The molecule has 9 heteroatoms. The molecule has 3 aromatic rings. The van der Waals surface area contributed by atoms with Crippen molar-refractivity contribution in [2.45, 2.75) is 6.42 Å². The van der Waals surface area contributed by atoms with Crippen LogP contribution in [0.25, 0.3) is 10.9 Å². The number of nitrogens with one attached hydrogen (secondary N) is 1. The zero-order valence-corrected chi connectivity index (χ0v) is 20.1. The summed E-state index contributed by atoms with van der Waals surface area (Å²) >= 11 is 0. The predicted molar refractivity (Wildman–Crippen MR) is 134 cm³/mol. The Morgan fingerprint density at radius 1 is 0.969 bits per heavy atom. The summed E-state index contributed by atoms with van der Waals surface area (Å²) in [6.07, 6.45) is 2.55. The largest absolute Gasteiger partial charge is 0.493 e. The van der Waals surface area contributed by atoms with Crippen molar-refractivity contribution in [2.75, 3.05) is 58.8 Å². The highest BCUT2D eigenvalue weighted by Crippen LogP contribution is 2.34. The van der Waals surface area contributed by atoms with Crippen LogP contribution >= 0.6 is 24.8 Å². The average molecular weight is 480 g/mol. The minimum absolute atomic E-state index is 0. The second-order valence-corrected chi connectivity index (χ2v) is 7.58. The molecule has 1 N–H and O–H groups in total. The Balaban J connectivity index is 0.00000181. The molecule has 1 aliphatic heterocycles. The summed E-state index contributed by atoms with van der Waals surface area (Å²) in [7, 11) is 3.84. The Bertz CT molecular complexity index is 969. The first-order chi connectivity index (χ1) is 14.7. The molecule has 1 fully saturated rings. The van der Waals surface area contributed by atoms with Gasteiger partial charge in [0.25, 0.3) is 0 Å². The number of ether oxygens (including phenoxy) is 2. The Labute approximate surface area is 201 Å². The van der Waals surface area contributed by atoms with Crippen LogP contribution in [-0.4, -0.2) is 73.3 Å². The Hall–Kier alpha value is -2.32. The van der Waals surface area contributed by atoms with Gasteiger partial charge in [-0.2, -0.15) is 0 Å². The SMILES string of the molecule is COc1cc2c(Nc3ccccc3)ncnc2cc1OCCCN1CCN(C)CC1.Cl.Cl. The maximum absolute atomic E-state index is 6.06. The second kappa shape index (κ2) is 12.6. The molecule has 0 atom stereocenters. The van der Waals surface area contributed by atoms with Crippen LogP contribution in [0.2, 0.25) is 0 Å². The molecular weight excluding hydrogens is 449 g/mol. The number of aromatic nitrogens is 2. The molecule has 7 nitrogen and oxygen atoms in total. The van der Waals surface area contributed by atoms with Crippen molar-refractivity contribution in [2.24, 2.45) is 0 Å². The highest BCUT2D eigenvalue weighted by atomic mass is 35.5. The molecule has 0 bridgehead atoms. The number of methoxy groups -OCH3 is 1. The van der Waals surface area contributed by atoms with Crippen LogP contribution in [0.5, 0.6) is 11.5 Å². The van der Waals surface area contributed by atoms with Crippen LogP contribution in [0.4, 0.5) is 11.5 Å². The maximum Gasteiger partial charge on any atom is 0.163 e. The van der Waals surface area contributed by atoms with Crippen LogP contribution in [0, 0.1) is 0 Å². The van der Waals surface area contributed by atoms with E-state index in [1.807, 2.05) is 42.5 Å². The Kier molecular flexibility index (Phi) is 10.3. The van der Waals surface area contributed by atoms with E-state index in [1.54, 1.807) is 13.4 Å². The average Bonchev–Trinajstić information content (AvgIpc) is 2.78. The van der Waals surface area contributed by atoms with Gasteiger partial charge in [-0.1, -0.05) is 18.2 Å². The van der Waals surface area contributed by atoms with Crippen LogP contribution in [0.3, 0.4) is 0 Å². The predicted octanol–water partition coefficient (Wildman–Crippen LogP) is 4.24. The number of hydrogen-bond acceptors (Lipinski definition) is 7. The van der Waals surface area contributed by atoms with Crippen LogP contribution in [-0.2, 0) is 0 Å². The van der Waals surface area contributed by atoms with Crippen LogP contribution in [0.15, 0.2) is 48.8 Å². The third kappa shape index (κ3) is 6.59. The molecule has 0 spiro atoms. The monoisotopic (exact) mass is 479 g/mol. The fourth-order valence-electron chi connectivity index (χ4n) is 3.64. The smallest absolute Gasteiger partial charge is 0.163 e. The van der Waals surface area contributed by atoms with Gasteiger partial charge in [-0.3, -0.25) is 0 Å². The standard InChI is InChI=1S/C23H29N5O2.2ClH/c1-27-10-12-28(13-11-27)9-6-14-30-22-16-20-19(15-21(22)29-2)23(25-17-24-20)26-18-7-4-3-5-8-18;;/h3-5,7-8,15-17H,6,9-14H2,1-2H3,(H,24,25,26);2*1H. The molecule has 1 aromatic heterocycles. The molecule has 0 aliphatic carbocycles. The van der Waals surface area contributed by atoms with E-state index in [0.717, 1.165) is 61.6 Å². The van der Waals surface area contributed by atoms with Crippen molar-refractivity contribution in [3.05, 3.63) is 48.8 Å².